The standard InChI is InChI=1S/C35H38N4O5S/c36-29-6-1-2-7-30(29)39-33(42)9-5-8-32(41)38-21-24-11-17-27(18-12-24)35-43-28(23-45-34-10-3-4-19-37-34)20-31(44-35)26-15-13-25(22-40)14-16-26/h1-4,6-7,10-19,28,31,35,40H,5,8-9,20-23,36H2,(H,38,41)(H,39,42)/t28-,31+,35+/m0/s1. The maximum atomic E-state index is 12.4. The minimum absolute atomic E-state index is 0.00444. The first kappa shape index (κ1) is 32.2. The molecule has 0 saturated carbocycles. The molecule has 1 fully saturated rings. The number of rotatable bonds is 13. The Morgan fingerprint density at radius 1 is 0.867 bits per heavy atom. The fourth-order valence-corrected chi connectivity index (χ4v) is 5.83. The second-order valence-corrected chi connectivity index (χ2v) is 11.9. The van der Waals surface area contributed by atoms with Crippen LogP contribution in [0.4, 0.5) is 11.4 Å². The Kier molecular flexibility index (Phi) is 11.6. The Morgan fingerprint density at radius 2 is 1.58 bits per heavy atom. The van der Waals surface area contributed by atoms with Gasteiger partial charge in [-0.2, -0.15) is 0 Å². The zero-order valence-corrected chi connectivity index (χ0v) is 25.7. The van der Waals surface area contributed by atoms with Crippen molar-refractivity contribution in [3.05, 3.63) is 119 Å². The third-order valence-electron chi connectivity index (χ3n) is 7.45. The highest BCUT2D eigenvalue weighted by molar-refractivity contribution is 7.99. The number of para-hydroxylation sites is 2. The van der Waals surface area contributed by atoms with Gasteiger partial charge in [-0.1, -0.05) is 66.7 Å². The Labute approximate surface area is 267 Å². The molecule has 0 bridgehead atoms. The fourth-order valence-electron chi connectivity index (χ4n) is 4.95. The van der Waals surface area contributed by atoms with Crippen molar-refractivity contribution in [1.82, 2.24) is 10.3 Å². The smallest absolute Gasteiger partial charge is 0.224 e. The number of hydrogen-bond acceptors (Lipinski definition) is 8. The molecule has 3 aromatic carbocycles. The molecule has 2 heterocycles. The van der Waals surface area contributed by atoms with Crippen LogP contribution in [0, 0.1) is 0 Å². The Morgan fingerprint density at radius 3 is 2.31 bits per heavy atom. The molecule has 0 spiro atoms. The van der Waals surface area contributed by atoms with Gasteiger partial charge in [-0.25, -0.2) is 4.98 Å². The average molecular weight is 627 g/mol. The number of hydrogen-bond donors (Lipinski definition) is 4. The number of thioether (sulfide) groups is 1. The molecule has 0 radical (unpaired) electrons. The summed E-state index contributed by atoms with van der Waals surface area (Å²) in [6.45, 7) is 0.372. The summed E-state index contributed by atoms with van der Waals surface area (Å²) in [7, 11) is 0. The number of aromatic nitrogens is 1. The SMILES string of the molecule is Nc1ccccc1NC(=O)CCCC(=O)NCc1ccc([C@@H]2O[C@H](CSc3ccccn3)C[C@H](c3ccc(CO)cc3)O2)cc1. The van der Waals surface area contributed by atoms with E-state index in [1.807, 2.05) is 66.7 Å². The molecular weight excluding hydrogens is 588 g/mol. The number of pyridine rings is 1. The lowest BCUT2D eigenvalue weighted by molar-refractivity contribution is -0.245. The second kappa shape index (κ2) is 16.2. The highest BCUT2D eigenvalue weighted by Crippen LogP contribution is 2.39. The number of nitrogens with two attached hydrogens (primary N) is 1. The number of ether oxygens (including phenoxy) is 2. The lowest BCUT2D eigenvalue weighted by Gasteiger charge is -2.36. The van der Waals surface area contributed by atoms with Crippen molar-refractivity contribution in [2.45, 2.75) is 62.4 Å². The number of anilines is 2. The molecule has 4 aromatic rings. The third kappa shape index (κ3) is 9.63. The number of nitrogens with zero attached hydrogens (tertiary/aromatic N) is 1. The Hall–Kier alpha value is -4.22. The van der Waals surface area contributed by atoms with Gasteiger partial charge in [0, 0.05) is 43.3 Å². The molecule has 234 valence electrons. The van der Waals surface area contributed by atoms with E-state index in [9.17, 15) is 14.7 Å². The van der Waals surface area contributed by atoms with Crippen molar-refractivity contribution in [2.24, 2.45) is 0 Å². The van der Waals surface area contributed by atoms with Gasteiger partial charge in [0.1, 0.15) is 0 Å². The molecule has 45 heavy (non-hydrogen) atoms. The third-order valence-corrected chi connectivity index (χ3v) is 8.53. The van der Waals surface area contributed by atoms with Crippen molar-refractivity contribution in [3.8, 4) is 0 Å². The highest BCUT2D eigenvalue weighted by Gasteiger charge is 2.32. The van der Waals surface area contributed by atoms with Crippen molar-refractivity contribution >= 4 is 35.0 Å². The Balaban J connectivity index is 1.13. The molecule has 3 atom stereocenters. The number of carbonyl (C=O) groups excluding carboxylic acids is 2. The summed E-state index contributed by atoms with van der Waals surface area (Å²) < 4.78 is 12.9. The van der Waals surface area contributed by atoms with Crippen LogP contribution in [-0.4, -0.2) is 33.8 Å². The van der Waals surface area contributed by atoms with Gasteiger partial charge in [0.15, 0.2) is 6.29 Å². The largest absolute Gasteiger partial charge is 0.397 e. The first-order chi connectivity index (χ1) is 22.0. The molecule has 0 aliphatic carbocycles. The van der Waals surface area contributed by atoms with Crippen LogP contribution in [0.25, 0.3) is 0 Å². The van der Waals surface area contributed by atoms with Gasteiger partial charge in [-0.3, -0.25) is 9.59 Å². The molecule has 10 heteroatoms. The van der Waals surface area contributed by atoms with Gasteiger partial charge in [0.05, 0.1) is 35.2 Å². The maximum absolute atomic E-state index is 12.4. The molecule has 5 N–H and O–H groups in total. The molecule has 9 nitrogen and oxygen atoms in total. The fraction of sp³-hybridized carbons (Fsp3) is 0.286. The maximum Gasteiger partial charge on any atom is 0.224 e. The second-order valence-electron chi connectivity index (χ2n) is 10.8. The van der Waals surface area contributed by atoms with E-state index in [1.165, 1.54) is 0 Å². The molecule has 1 aliphatic heterocycles. The van der Waals surface area contributed by atoms with E-state index >= 15 is 0 Å². The number of amides is 2. The van der Waals surface area contributed by atoms with E-state index in [1.54, 1.807) is 42.2 Å². The minimum atomic E-state index is -0.559. The predicted octanol–water partition coefficient (Wildman–Crippen LogP) is 5.92. The van der Waals surface area contributed by atoms with Crippen molar-refractivity contribution < 1.29 is 24.2 Å². The van der Waals surface area contributed by atoms with Crippen LogP contribution < -0.4 is 16.4 Å². The number of aliphatic hydroxyl groups excluding tert-OH is 1. The summed E-state index contributed by atoms with van der Waals surface area (Å²) in [5.41, 5.74) is 10.7. The lowest BCUT2D eigenvalue weighted by Crippen LogP contribution is -2.31. The quantitative estimate of drug-likeness (QED) is 0.106. The summed E-state index contributed by atoms with van der Waals surface area (Å²) >= 11 is 1.65. The van der Waals surface area contributed by atoms with Gasteiger partial charge in [0.25, 0.3) is 0 Å². The van der Waals surface area contributed by atoms with Crippen molar-refractivity contribution in [1.29, 1.82) is 0 Å². The van der Waals surface area contributed by atoms with Crippen LogP contribution in [-0.2, 0) is 32.2 Å². The number of nitrogens with one attached hydrogen (secondary N) is 2. The van der Waals surface area contributed by atoms with E-state index in [2.05, 4.69) is 15.6 Å². The van der Waals surface area contributed by atoms with Crippen LogP contribution >= 0.6 is 11.8 Å². The van der Waals surface area contributed by atoms with Gasteiger partial charge >= 0.3 is 0 Å². The number of carbonyl (C=O) groups is 2. The molecule has 2 amide bonds. The molecule has 1 aromatic heterocycles. The summed E-state index contributed by atoms with van der Waals surface area (Å²) in [6.07, 6.45) is 2.60. The number of benzene rings is 3. The molecule has 0 unspecified atom stereocenters. The number of aliphatic hydroxyl groups is 1. The van der Waals surface area contributed by atoms with E-state index in [4.69, 9.17) is 15.2 Å². The average Bonchev–Trinajstić information content (AvgIpc) is 3.08. The predicted molar refractivity (Wildman–Crippen MR) is 175 cm³/mol. The van der Waals surface area contributed by atoms with Crippen LogP contribution in [0.3, 0.4) is 0 Å². The highest BCUT2D eigenvalue weighted by atomic mass is 32.2. The summed E-state index contributed by atoms with van der Waals surface area (Å²) in [5, 5.41) is 16.1. The van der Waals surface area contributed by atoms with Crippen LogP contribution in [0.15, 0.2) is 102 Å². The zero-order chi connectivity index (χ0) is 31.4. The number of nitrogen functional groups attached to an aromatic ring is 1. The normalized spacial score (nSPS) is 17.8. The van der Waals surface area contributed by atoms with Crippen LogP contribution in [0.1, 0.15) is 60.3 Å². The van der Waals surface area contributed by atoms with Gasteiger partial charge in [-0.05, 0) is 47.4 Å². The van der Waals surface area contributed by atoms with Gasteiger partial charge < -0.3 is 30.9 Å². The zero-order valence-electron chi connectivity index (χ0n) is 24.9. The molecular formula is C35H38N4O5S. The van der Waals surface area contributed by atoms with E-state index in [-0.39, 0.29) is 43.5 Å². The Bertz CT molecular complexity index is 1540. The van der Waals surface area contributed by atoms with Crippen molar-refractivity contribution in [2.75, 3.05) is 16.8 Å². The first-order valence-corrected chi connectivity index (χ1v) is 16.0. The monoisotopic (exact) mass is 626 g/mol. The van der Waals surface area contributed by atoms with Gasteiger partial charge in [-0.15, -0.1) is 11.8 Å². The van der Waals surface area contributed by atoms with E-state index < -0.39 is 6.29 Å². The summed E-state index contributed by atoms with van der Waals surface area (Å²) in [4.78, 5) is 29.0. The van der Waals surface area contributed by atoms with Crippen LogP contribution in [0.2, 0.25) is 0 Å². The lowest BCUT2D eigenvalue weighted by atomic mass is 10.0. The molecule has 1 aliphatic rings. The van der Waals surface area contributed by atoms with Crippen molar-refractivity contribution in [3.63, 3.8) is 0 Å². The topological polar surface area (TPSA) is 136 Å². The minimum Gasteiger partial charge on any atom is -0.397 e. The summed E-state index contributed by atoms with van der Waals surface area (Å²) in [6, 6.07) is 28.6. The van der Waals surface area contributed by atoms with Crippen LogP contribution in [0.5, 0.6) is 0 Å². The van der Waals surface area contributed by atoms with E-state index in [0.717, 1.165) is 33.0 Å². The molecule has 1 saturated heterocycles. The molecule has 5 rings (SSSR count). The summed E-state index contributed by atoms with van der Waals surface area (Å²) in [5.74, 6) is 0.438. The first-order valence-electron chi connectivity index (χ1n) is 15.0. The van der Waals surface area contributed by atoms with Gasteiger partial charge in [0.2, 0.25) is 11.8 Å². The van der Waals surface area contributed by atoms with E-state index in [0.29, 0.717) is 30.8 Å².